The number of carbonyl (C=O) groups excluding carboxylic acids is 1. The van der Waals surface area contributed by atoms with Gasteiger partial charge in [0.05, 0.1) is 11.2 Å². The Hall–Kier alpha value is -1.57. The van der Waals surface area contributed by atoms with Gasteiger partial charge in [0.25, 0.3) is 0 Å². The lowest BCUT2D eigenvalue weighted by Gasteiger charge is -2.39. The monoisotopic (exact) mass is 456 g/mol. The van der Waals surface area contributed by atoms with Crippen LogP contribution in [0.1, 0.15) is 73.3 Å². The molecule has 0 bridgehead atoms. The quantitative estimate of drug-likeness (QED) is 0.638. The molecule has 0 radical (unpaired) electrons. The fourth-order valence-corrected chi connectivity index (χ4v) is 5.03. The second-order valence-corrected chi connectivity index (χ2v) is 12.3. The molecular weight excluding hydrogens is 415 g/mol. The summed E-state index contributed by atoms with van der Waals surface area (Å²) in [6.07, 6.45) is 3.20. The third-order valence-corrected chi connectivity index (χ3v) is 7.92. The second-order valence-electron chi connectivity index (χ2n) is 12.3. The largest absolute Gasteiger partial charge is 0.494 e. The summed E-state index contributed by atoms with van der Waals surface area (Å²) in [5.41, 5.74) is 1.57. The van der Waals surface area contributed by atoms with Crippen LogP contribution < -0.4 is 5.46 Å². The molecule has 33 heavy (non-hydrogen) atoms. The molecule has 0 atom stereocenters. The number of rotatable bonds is 3. The number of likely N-dealkylation sites (tertiary alicyclic amines) is 2. The predicted octanol–water partition coefficient (Wildman–Crippen LogP) is 4.21. The molecule has 3 fully saturated rings. The standard InChI is InChI=1S/C26H41BN2O4/c1-23(2,3)31-22(30)29-17-14-26(19-29)12-15-28(16-13-26)18-20-8-10-21(11-9-20)27-32-24(4,5)25(6,7)33-27/h8-11H,12-19H2,1-7H3. The van der Waals surface area contributed by atoms with Crippen molar-refractivity contribution in [3.05, 3.63) is 29.8 Å². The highest BCUT2D eigenvalue weighted by atomic mass is 16.7. The average molecular weight is 456 g/mol. The fourth-order valence-electron chi connectivity index (χ4n) is 5.03. The Labute approximate surface area is 200 Å². The Morgan fingerprint density at radius 2 is 1.52 bits per heavy atom. The molecule has 3 aliphatic heterocycles. The van der Waals surface area contributed by atoms with Crippen molar-refractivity contribution >= 4 is 18.7 Å². The van der Waals surface area contributed by atoms with Gasteiger partial charge in [-0.3, -0.25) is 4.90 Å². The first-order valence-electron chi connectivity index (χ1n) is 12.4. The summed E-state index contributed by atoms with van der Waals surface area (Å²) < 4.78 is 17.9. The average Bonchev–Trinajstić information content (AvgIpc) is 3.21. The fraction of sp³-hybridized carbons (Fsp3) is 0.731. The molecule has 1 spiro atoms. The maximum atomic E-state index is 12.5. The van der Waals surface area contributed by atoms with Crippen LogP contribution >= 0.6 is 0 Å². The van der Waals surface area contributed by atoms with Crippen molar-refractivity contribution < 1.29 is 18.8 Å². The third kappa shape index (κ3) is 5.41. The minimum absolute atomic E-state index is 0.163. The number of hydrogen-bond acceptors (Lipinski definition) is 5. The molecule has 4 rings (SSSR count). The third-order valence-electron chi connectivity index (χ3n) is 7.92. The van der Waals surface area contributed by atoms with E-state index in [0.717, 1.165) is 57.4 Å². The maximum absolute atomic E-state index is 12.5. The van der Waals surface area contributed by atoms with Gasteiger partial charge in [-0.2, -0.15) is 0 Å². The van der Waals surface area contributed by atoms with Gasteiger partial charge in [-0.05, 0) is 97.3 Å². The van der Waals surface area contributed by atoms with Crippen LogP contribution in [-0.4, -0.2) is 66.0 Å². The molecule has 7 heteroatoms. The molecule has 182 valence electrons. The van der Waals surface area contributed by atoms with E-state index in [1.807, 2.05) is 25.7 Å². The van der Waals surface area contributed by atoms with Crippen molar-refractivity contribution in [2.24, 2.45) is 5.41 Å². The van der Waals surface area contributed by atoms with Gasteiger partial charge in [0.15, 0.2) is 0 Å². The van der Waals surface area contributed by atoms with Crippen molar-refractivity contribution in [2.45, 2.75) is 91.1 Å². The van der Waals surface area contributed by atoms with Gasteiger partial charge in [0.2, 0.25) is 0 Å². The maximum Gasteiger partial charge on any atom is 0.494 e. The van der Waals surface area contributed by atoms with Crippen molar-refractivity contribution in [2.75, 3.05) is 26.2 Å². The van der Waals surface area contributed by atoms with Gasteiger partial charge >= 0.3 is 13.2 Å². The van der Waals surface area contributed by atoms with E-state index in [1.165, 1.54) is 5.56 Å². The normalized spacial score (nSPS) is 24.5. The summed E-state index contributed by atoms with van der Waals surface area (Å²) in [6.45, 7) is 18.9. The van der Waals surface area contributed by atoms with Gasteiger partial charge in [0, 0.05) is 19.6 Å². The first-order valence-corrected chi connectivity index (χ1v) is 12.4. The summed E-state index contributed by atoms with van der Waals surface area (Å²) in [4.78, 5) is 16.9. The first-order chi connectivity index (χ1) is 15.3. The Morgan fingerprint density at radius 1 is 0.970 bits per heavy atom. The van der Waals surface area contributed by atoms with Crippen LogP contribution in [0.4, 0.5) is 4.79 Å². The minimum Gasteiger partial charge on any atom is -0.444 e. The SMILES string of the molecule is CC(C)(C)OC(=O)N1CCC2(CCN(Cc3ccc(B4OC(C)(C)C(C)(C)O4)cc3)CC2)C1. The predicted molar refractivity (Wildman–Crippen MR) is 132 cm³/mol. The minimum atomic E-state index is -0.436. The highest BCUT2D eigenvalue weighted by Gasteiger charge is 2.51. The second kappa shape index (κ2) is 8.58. The highest BCUT2D eigenvalue weighted by Crippen LogP contribution is 2.41. The number of amides is 1. The first kappa shape index (κ1) is 24.6. The number of nitrogens with zero attached hydrogens (tertiary/aromatic N) is 2. The zero-order valence-corrected chi connectivity index (χ0v) is 21.6. The molecule has 6 nitrogen and oxygen atoms in total. The van der Waals surface area contributed by atoms with Gasteiger partial charge in [-0.25, -0.2) is 4.79 Å². The van der Waals surface area contributed by atoms with E-state index in [-0.39, 0.29) is 29.8 Å². The number of ether oxygens (including phenoxy) is 1. The molecule has 0 saturated carbocycles. The van der Waals surface area contributed by atoms with E-state index >= 15 is 0 Å². The van der Waals surface area contributed by atoms with Crippen LogP contribution in [0.15, 0.2) is 24.3 Å². The van der Waals surface area contributed by atoms with Gasteiger partial charge in [0.1, 0.15) is 5.60 Å². The molecule has 0 aromatic heterocycles. The number of carbonyl (C=O) groups is 1. The molecule has 1 amide bonds. The van der Waals surface area contributed by atoms with Gasteiger partial charge in [-0.1, -0.05) is 24.3 Å². The molecule has 1 aromatic carbocycles. The molecule has 0 N–H and O–H groups in total. The number of piperidine rings is 1. The van der Waals surface area contributed by atoms with Crippen LogP contribution in [0.25, 0.3) is 0 Å². The molecule has 3 heterocycles. The van der Waals surface area contributed by atoms with Gasteiger partial charge in [-0.15, -0.1) is 0 Å². The van der Waals surface area contributed by atoms with Crippen LogP contribution in [-0.2, 0) is 20.6 Å². The molecule has 0 aliphatic carbocycles. The van der Waals surface area contributed by atoms with E-state index in [0.29, 0.717) is 0 Å². The lowest BCUT2D eigenvalue weighted by molar-refractivity contribution is 0.00578. The van der Waals surface area contributed by atoms with Gasteiger partial charge < -0.3 is 18.9 Å². The van der Waals surface area contributed by atoms with Crippen LogP contribution in [0.2, 0.25) is 0 Å². The zero-order chi connectivity index (χ0) is 24.1. The van der Waals surface area contributed by atoms with E-state index in [4.69, 9.17) is 14.0 Å². The van der Waals surface area contributed by atoms with E-state index < -0.39 is 5.60 Å². The number of hydrogen-bond donors (Lipinski definition) is 0. The molecule has 1 aromatic rings. The van der Waals surface area contributed by atoms with Crippen molar-refractivity contribution in [3.63, 3.8) is 0 Å². The molecule has 3 saturated heterocycles. The summed E-state index contributed by atoms with van der Waals surface area (Å²) in [7, 11) is -0.311. The van der Waals surface area contributed by atoms with E-state index in [2.05, 4.69) is 56.9 Å². The lowest BCUT2D eigenvalue weighted by Crippen LogP contribution is -2.42. The molecular formula is C26H41BN2O4. The Kier molecular flexibility index (Phi) is 6.39. The Balaban J connectivity index is 1.27. The molecule has 3 aliphatic rings. The van der Waals surface area contributed by atoms with Crippen LogP contribution in [0, 0.1) is 5.41 Å². The number of benzene rings is 1. The Morgan fingerprint density at radius 3 is 2.06 bits per heavy atom. The van der Waals surface area contributed by atoms with Crippen molar-refractivity contribution in [1.82, 2.24) is 9.80 Å². The van der Waals surface area contributed by atoms with E-state index in [1.54, 1.807) is 0 Å². The Bertz CT molecular complexity index is 838. The van der Waals surface area contributed by atoms with E-state index in [9.17, 15) is 4.79 Å². The summed E-state index contributed by atoms with van der Waals surface area (Å²) in [5, 5.41) is 0. The lowest BCUT2D eigenvalue weighted by atomic mass is 9.77. The topological polar surface area (TPSA) is 51.2 Å². The summed E-state index contributed by atoms with van der Waals surface area (Å²) in [5.74, 6) is 0. The molecule has 0 unspecified atom stereocenters. The zero-order valence-electron chi connectivity index (χ0n) is 21.6. The smallest absolute Gasteiger partial charge is 0.444 e. The van der Waals surface area contributed by atoms with Crippen molar-refractivity contribution in [1.29, 1.82) is 0 Å². The van der Waals surface area contributed by atoms with Crippen LogP contribution in [0.5, 0.6) is 0 Å². The van der Waals surface area contributed by atoms with Crippen LogP contribution in [0.3, 0.4) is 0 Å². The van der Waals surface area contributed by atoms with Crippen molar-refractivity contribution in [3.8, 4) is 0 Å². The summed E-state index contributed by atoms with van der Waals surface area (Å²) in [6, 6.07) is 8.67. The highest BCUT2D eigenvalue weighted by molar-refractivity contribution is 6.62. The summed E-state index contributed by atoms with van der Waals surface area (Å²) >= 11 is 0.